The first-order chi connectivity index (χ1) is 9.40. The first kappa shape index (κ1) is 14.8. The molecular formula is C14H21N3O2S. The molecule has 0 unspecified atom stereocenters. The van der Waals surface area contributed by atoms with Gasteiger partial charge in [-0.15, -0.1) is 11.3 Å². The van der Waals surface area contributed by atoms with E-state index in [1.54, 1.807) is 25.1 Å². The number of hydrogen-bond acceptors (Lipinski definition) is 4. The molecule has 0 spiro atoms. The molecule has 6 heteroatoms. The van der Waals surface area contributed by atoms with Crippen molar-refractivity contribution in [2.24, 2.45) is 5.92 Å². The van der Waals surface area contributed by atoms with Crippen molar-refractivity contribution < 1.29 is 9.59 Å². The number of carbonyl (C=O) groups excluding carboxylic acids is 2. The predicted octanol–water partition coefficient (Wildman–Crippen LogP) is 1.58. The van der Waals surface area contributed by atoms with Gasteiger partial charge in [-0.05, 0) is 25.8 Å². The minimum Gasteiger partial charge on any atom is -0.398 e. The first-order valence-corrected chi connectivity index (χ1v) is 7.58. The maximum absolute atomic E-state index is 12.4. The van der Waals surface area contributed by atoms with Gasteiger partial charge in [0.2, 0.25) is 5.91 Å². The van der Waals surface area contributed by atoms with E-state index in [1.165, 1.54) is 11.3 Å². The molecule has 2 N–H and O–H groups in total. The molecule has 1 saturated heterocycles. The van der Waals surface area contributed by atoms with Gasteiger partial charge in [0.15, 0.2) is 0 Å². The summed E-state index contributed by atoms with van der Waals surface area (Å²) in [6.07, 6.45) is 1.48. The second-order valence-corrected chi connectivity index (χ2v) is 6.68. The predicted molar refractivity (Wildman–Crippen MR) is 80.8 cm³/mol. The second-order valence-electron chi connectivity index (χ2n) is 5.42. The summed E-state index contributed by atoms with van der Waals surface area (Å²) < 4.78 is 0. The Bertz CT molecular complexity index is 497. The van der Waals surface area contributed by atoms with E-state index in [9.17, 15) is 9.59 Å². The summed E-state index contributed by atoms with van der Waals surface area (Å²) >= 11 is 1.44. The van der Waals surface area contributed by atoms with Gasteiger partial charge in [-0.3, -0.25) is 9.59 Å². The number of likely N-dealkylation sites (tertiary alicyclic amines) is 1. The number of piperidine rings is 1. The van der Waals surface area contributed by atoms with Gasteiger partial charge in [0.1, 0.15) is 0 Å². The molecule has 1 aliphatic heterocycles. The van der Waals surface area contributed by atoms with Crippen LogP contribution in [-0.2, 0) is 4.79 Å². The standard InChI is InChI=1S/C14H21N3O2S/c1-9-11(15)8-12(20-9)14(19)17-6-4-10(5-7-17)13(18)16(2)3/h8,10H,4-7,15H2,1-3H3. The number of nitrogens with zero attached hydrogens (tertiary/aromatic N) is 2. The zero-order valence-electron chi connectivity index (χ0n) is 12.2. The number of carbonyl (C=O) groups is 2. The number of thiophene rings is 1. The lowest BCUT2D eigenvalue weighted by Crippen LogP contribution is -2.42. The van der Waals surface area contributed by atoms with Crippen LogP contribution in [0.3, 0.4) is 0 Å². The lowest BCUT2D eigenvalue weighted by molar-refractivity contribution is -0.134. The van der Waals surface area contributed by atoms with E-state index in [-0.39, 0.29) is 17.7 Å². The van der Waals surface area contributed by atoms with Crippen molar-refractivity contribution in [2.45, 2.75) is 19.8 Å². The maximum atomic E-state index is 12.4. The molecule has 0 bridgehead atoms. The fourth-order valence-electron chi connectivity index (χ4n) is 2.45. The molecule has 0 aromatic carbocycles. The van der Waals surface area contributed by atoms with E-state index >= 15 is 0 Å². The first-order valence-electron chi connectivity index (χ1n) is 6.76. The molecule has 0 saturated carbocycles. The largest absolute Gasteiger partial charge is 0.398 e. The SMILES string of the molecule is Cc1sc(C(=O)N2CCC(C(=O)N(C)C)CC2)cc1N. The van der Waals surface area contributed by atoms with Crippen molar-refractivity contribution in [3.8, 4) is 0 Å². The van der Waals surface area contributed by atoms with Crippen LogP contribution in [-0.4, -0.2) is 48.8 Å². The lowest BCUT2D eigenvalue weighted by atomic mass is 9.95. The van der Waals surface area contributed by atoms with Crippen LogP contribution in [0.2, 0.25) is 0 Å². The van der Waals surface area contributed by atoms with Crippen molar-refractivity contribution >= 4 is 28.8 Å². The molecule has 1 aromatic rings. The minimum absolute atomic E-state index is 0.0329. The highest BCUT2D eigenvalue weighted by molar-refractivity contribution is 7.14. The molecule has 2 rings (SSSR count). The van der Waals surface area contributed by atoms with Gasteiger partial charge in [0, 0.05) is 43.7 Å². The quantitative estimate of drug-likeness (QED) is 0.901. The second kappa shape index (κ2) is 5.83. The number of amides is 2. The number of anilines is 1. The topological polar surface area (TPSA) is 66.6 Å². The maximum Gasteiger partial charge on any atom is 0.264 e. The lowest BCUT2D eigenvalue weighted by Gasteiger charge is -2.32. The van der Waals surface area contributed by atoms with Gasteiger partial charge in [-0.25, -0.2) is 0 Å². The van der Waals surface area contributed by atoms with Gasteiger partial charge in [0.25, 0.3) is 5.91 Å². The molecule has 1 aliphatic rings. The van der Waals surface area contributed by atoms with Crippen LogP contribution >= 0.6 is 11.3 Å². The summed E-state index contributed by atoms with van der Waals surface area (Å²) in [7, 11) is 3.55. The minimum atomic E-state index is 0.0329. The van der Waals surface area contributed by atoms with E-state index in [4.69, 9.17) is 5.73 Å². The van der Waals surface area contributed by atoms with E-state index in [0.717, 1.165) is 17.7 Å². The van der Waals surface area contributed by atoms with Gasteiger partial charge in [-0.1, -0.05) is 0 Å². The molecule has 0 aliphatic carbocycles. The highest BCUT2D eigenvalue weighted by atomic mass is 32.1. The summed E-state index contributed by atoms with van der Waals surface area (Å²) in [5.74, 6) is 0.239. The van der Waals surface area contributed by atoms with Gasteiger partial charge >= 0.3 is 0 Å². The van der Waals surface area contributed by atoms with Crippen molar-refractivity contribution in [1.82, 2.24) is 9.80 Å². The summed E-state index contributed by atoms with van der Waals surface area (Å²) in [6, 6.07) is 1.75. The fourth-order valence-corrected chi connectivity index (χ4v) is 3.36. The van der Waals surface area contributed by atoms with Crippen LogP contribution in [0.25, 0.3) is 0 Å². The number of hydrogen-bond donors (Lipinski definition) is 1. The summed E-state index contributed by atoms with van der Waals surface area (Å²) in [5.41, 5.74) is 6.47. The van der Waals surface area contributed by atoms with Gasteiger partial charge in [-0.2, -0.15) is 0 Å². The van der Waals surface area contributed by atoms with E-state index in [0.29, 0.717) is 23.7 Å². The highest BCUT2D eigenvalue weighted by Gasteiger charge is 2.29. The molecule has 0 radical (unpaired) electrons. The number of nitrogens with two attached hydrogens (primary N) is 1. The van der Waals surface area contributed by atoms with Crippen molar-refractivity contribution in [3.05, 3.63) is 15.8 Å². The Hall–Kier alpha value is -1.56. The Kier molecular flexibility index (Phi) is 4.32. The Balaban J connectivity index is 1.97. The van der Waals surface area contributed by atoms with Crippen LogP contribution in [0.4, 0.5) is 5.69 Å². The monoisotopic (exact) mass is 295 g/mol. The molecule has 1 aromatic heterocycles. The number of aryl methyl sites for hydroxylation is 1. The van der Waals surface area contributed by atoms with Crippen molar-refractivity contribution in [3.63, 3.8) is 0 Å². The molecule has 110 valence electrons. The number of rotatable bonds is 2. The van der Waals surface area contributed by atoms with Gasteiger partial charge < -0.3 is 15.5 Å². The van der Waals surface area contributed by atoms with Crippen LogP contribution in [0.1, 0.15) is 27.4 Å². The highest BCUT2D eigenvalue weighted by Crippen LogP contribution is 2.27. The molecule has 5 nitrogen and oxygen atoms in total. The molecule has 1 fully saturated rings. The third kappa shape index (κ3) is 2.95. The van der Waals surface area contributed by atoms with Crippen molar-refractivity contribution in [1.29, 1.82) is 0 Å². The molecule has 0 atom stereocenters. The van der Waals surface area contributed by atoms with Crippen LogP contribution in [0, 0.1) is 12.8 Å². The Morgan fingerprint density at radius 3 is 2.40 bits per heavy atom. The van der Waals surface area contributed by atoms with E-state index < -0.39 is 0 Å². The van der Waals surface area contributed by atoms with Crippen LogP contribution < -0.4 is 5.73 Å². The third-order valence-electron chi connectivity index (χ3n) is 3.74. The van der Waals surface area contributed by atoms with Crippen molar-refractivity contribution in [2.75, 3.05) is 32.9 Å². The molecule has 2 heterocycles. The Labute approximate surface area is 123 Å². The fraction of sp³-hybridized carbons (Fsp3) is 0.571. The zero-order valence-corrected chi connectivity index (χ0v) is 13.0. The Morgan fingerprint density at radius 1 is 1.35 bits per heavy atom. The van der Waals surface area contributed by atoms with Crippen LogP contribution in [0.15, 0.2) is 6.07 Å². The average Bonchev–Trinajstić information content (AvgIpc) is 2.77. The summed E-state index contributed by atoms with van der Waals surface area (Å²) in [4.78, 5) is 29.4. The van der Waals surface area contributed by atoms with E-state index in [2.05, 4.69) is 0 Å². The smallest absolute Gasteiger partial charge is 0.264 e. The molecule has 2 amide bonds. The molecular weight excluding hydrogens is 274 g/mol. The zero-order chi connectivity index (χ0) is 14.9. The summed E-state index contributed by atoms with van der Waals surface area (Å²) in [6.45, 7) is 3.19. The average molecular weight is 295 g/mol. The van der Waals surface area contributed by atoms with Crippen LogP contribution in [0.5, 0.6) is 0 Å². The summed E-state index contributed by atoms with van der Waals surface area (Å²) in [5, 5.41) is 0. The Morgan fingerprint density at radius 2 is 1.95 bits per heavy atom. The van der Waals surface area contributed by atoms with E-state index in [1.807, 2.05) is 11.8 Å². The molecule has 20 heavy (non-hydrogen) atoms. The van der Waals surface area contributed by atoms with Gasteiger partial charge in [0.05, 0.1) is 4.88 Å². The number of nitrogen functional groups attached to an aromatic ring is 1. The normalized spacial score (nSPS) is 16.2. The third-order valence-corrected chi connectivity index (χ3v) is 4.79.